The molecule has 0 saturated heterocycles. The molecular formula is C14H18N2O. The number of nitrogens with two attached hydrogens (primary N) is 1. The Kier molecular flexibility index (Phi) is 3.03. The zero-order valence-corrected chi connectivity index (χ0v) is 10.5. The minimum Gasteiger partial charge on any atom is -0.448 e. The van der Waals surface area contributed by atoms with Crippen LogP contribution in [-0.2, 0) is 12.0 Å². The molecule has 0 radical (unpaired) electrons. The Labute approximate surface area is 102 Å². The van der Waals surface area contributed by atoms with Crippen molar-refractivity contribution < 1.29 is 4.42 Å². The van der Waals surface area contributed by atoms with Crippen molar-refractivity contribution in [2.75, 3.05) is 0 Å². The van der Waals surface area contributed by atoms with E-state index in [2.05, 4.69) is 25.8 Å². The average molecular weight is 230 g/mol. The lowest BCUT2D eigenvalue weighted by atomic mass is 9.97. The van der Waals surface area contributed by atoms with Gasteiger partial charge in [-0.05, 0) is 11.6 Å². The molecule has 0 bridgehead atoms. The summed E-state index contributed by atoms with van der Waals surface area (Å²) in [5, 5.41) is 0. The van der Waals surface area contributed by atoms with Gasteiger partial charge in [0.05, 0.1) is 0 Å². The largest absolute Gasteiger partial charge is 0.448 e. The van der Waals surface area contributed by atoms with Gasteiger partial charge in [-0.3, -0.25) is 0 Å². The number of nitrogens with zero attached hydrogens (tertiary/aromatic N) is 1. The van der Waals surface area contributed by atoms with Crippen LogP contribution in [0.5, 0.6) is 0 Å². The standard InChI is InChI=1S/C14H18N2O/c1-14(2,3)13-16-12(9-17-13)11-6-4-5-10(7-11)8-15/h4-7,9H,8,15H2,1-3H3. The molecule has 2 N–H and O–H groups in total. The van der Waals surface area contributed by atoms with Gasteiger partial charge >= 0.3 is 0 Å². The molecule has 3 nitrogen and oxygen atoms in total. The Hall–Kier alpha value is -1.61. The van der Waals surface area contributed by atoms with Gasteiger partial charge in [0.25, 0.3) is 0 Å². The normalized spacial score (nSPS) is 11.8. The van der Waals surface area contributed by atoms with Crippen LogP contribution in [0.2, 0.25) is 0 Å². The molecule has 0 aliphatic rings. The predicted octanol–water partition coefficient (Wildman–Crippen LogP) is 3.10. The van der Waals surface area contributed by atoms with Gasteiger partial charge in [0, 0.05) is 17.5 Å². The van der Waals surface area contributed by atoms with Gasteiger partial charge in [-0.15, -0.1) is 0 Å². The second kappa shape index (κ2) is 4.34. The number of benzene rings is 1. The van der Waals surface area contributed by atoms with Crippen LogP contribution in [0.4, 0.5) is 0 Å². The van der Waals surface area contributed by atoms with E-state index in [-0.39, 0.29) is 5.41 Å². The van der Waals surface area contributed by atoms with Crippen molar-refractivity contribution in [3.8, 4) is 11.3 Å². The smallest absolute Gasteiger partial charge is 0.199 e. The van der Waals surface area contributed by atoms with Gasteiger partial charge in [0.1, 0.15) is 12.0 Å². The fourth-order valence-electron chi connectivity index (χ4n) is 1.61. The first kappa shape index (κ1) is 11.9. The molecule has 3 heteroatoms. The number of hydrogen-bond acceptors (Lipinski definition) is 3. The van der Waals surface area contributed by atoms with Gasteiger partial charge < -0.3 is 10.2 Å². The summed E-state index contributed by atoms with van der Waals surface area (Å²) in [5.74, 6) is 0.755. The summed E-state index contributed by atoms with van der Waals surface area (Å²) in [6, 6.07) is 8.06. The first-order valence-corrected chi connectivity index (χ1v) is 5.76. The summed E-state index contributed by atoms with van der Waals surface area (Å²) >= 11 is 0. The van der Waals surface area contributed by atoms with Gasteiger partial charge in [0.2, 0.25) is 0 Å². The predicted molar refractivity (Wildman–Crippen MR) is 68.5 cm³/mol. The molecule has 0 atom stereocenters. The van der Waals surface area contributed by atoms with Crippen LogP contribution >= 0.6 is 0 Å². The van der Waals surface area contributed by atoms with Gasteiger partial charge in [-0.1, -0.05) is 39.0 Å². The molecule has 0 aliphatic carbocycles. The Morgan fingerprint density at radius 1 is 1.29 bits per heavy atom. The number of oxazole rings is 1. The summed E-state index contributed by atoms with van der Waals surface area (Å²) in [6.45, 7) is 6.79. The molecule has 0 fully saturated rings. The number of hydrogen-bond donors (Lipinski definition) is 1. The Balaban J connectivity index is 2.37. The molecule has 2 aromatic rings. The summed E-state index contributed by atoms with van der Waals surface area (Å²) in [7, 11) is 0. The second-order valence-corrected chi connectivity index (χ2v) is 5.19. The zero-order chi connectivity index (χ0) is 12.5. The third kappa shape index (κ3) is 2.56. The van der Waals surface area contributed by atoms with E-state index in [9.17, 15) is 0 Å². The lowest BCUT2D eigenvalue weighted by Crippen LogP contribution is -2.11. The monoisotopic (exact) mass is 230 g/mol. The topological polar surface area (TPSA) is 52.0 Å². The van der Waals surface area contributed by atoms with E-state index >= 15 is 0 Å². The highest BCUT2D eigenvalue weighted by Gasteiger charge is 2.20. The highest BCUT2D eigenvalue weighted by Crippen LogP contribution is 2.26. The highest BCUT2D eigenvalue weighted by molar-refractivity contribution is 5.59. The van der Waals surface area contributed by atoms with Crippen LogP contribution in [0.1, 0.15) is 32.2 Å². The van der Waals surface area contributed by atoms with Crippen LogP contribution in [0.3, 0.4) is 0 Å². The molecule has 17 heavy (non-hydrogen) atoms. The summed E-state index contributed by atoms with van der Waals surface area (Å²) in [5.41, 5.74) is 8.58. The van der Waals surface area contributed by atoms with Crippen molar-refractivity contribution in [2.24, 2.45) is 5.73 Å². The van der Waals surface area contributed by atoms with Crippen molar-refractivity contribution in [3.63, 3.8) is 0 Å². The second-order valence-electron chi connectivity index (χ2n) is 5.19. The van der Waals surface area contributed by atoms with E-state index in [0.717, 1.165) is 22.7 Å². The van der Waals surface area contributed by atoms with Crippen molar-refractivity contribution in [1.29, 1.82) is 0 Å². The van der Waals surface area contributed by atoms with E-state index in [1.807, 2.05) is 24.3 Å². The number of aromatic nitrogens is 1. The van der Waals surface area contributed by atoms with Crippen LogP contribution in [0, 0.1) is 0 Å². The zero-order valence-electron chi connectivity index (χ0n) is 10.5. The highest BCUT2D eigenvalue weighted by atomic mass is 16.3. The fraction of sp³-hybridized carbons (Fsp3) is 0.357. The lowest BCUT2D eigenvalue weighted by Gasteiger charge is -2.11. The maximum Gasteiger partial charge on any atom is 0.199 e. The SMILES string of the molecule is CC(C)(C)c1nc(-c2cccc(CN)c2)co1. The average Bonchev–Trinajstić information content (AvgIpc) is 2.78. The molecule has 0 saturated carbocycles. The van der Waals surface area contributed by atoms with Gasteiger partial charge in [-0.25, -0.2) is 4.98 Å². The van der Waals surface area contributed by atoms with E-state index < -0.39 is 0 Å². The number of rotatable bonds is 2. The maximum absolute atomic E-state index is 5.63. The maximum atomic E-state index is 5.63. The third-order valence-corrected chi connectivity index (χ3v) is 2.60. The van der Waals surface area contributed by atoms with Crippen LogP contribution in [0.15, 0.2) is 34.9 Å². The molecule has 0 amide bonds. The Morgan fingerprint density at radius 3 is 2.65 bits per heavy atom. The first-order valence-electron chi connectivity index (χ1n) is 5.76. The van der Waals surface area contributed by atoms with Crippen molar-refractivity contribution in [3.05, 3.63) is 42.0 Å². The molecule has 2 rings (SSSR count). The third-order valence-electron chi connectivity index (χ3n) is 2.60. The fourth-order valence-corrected chi connectivity index (χ4v) is 1.61. The Bertz CT molecular complexity index is 509. The van der Waals surface area contributed by atoms with Crippen LogP contribution < -0.4 is 5.73 Å². The molecule has 1 heterocycles. The molecule has 1 aromatic carbocycles. The van der Waals surface area contributed by atoms with Crippen LogP contribution in [0.25, 0.3) is 11.3 Å². The quantitative estimate of drug-likeness (QED) is 0.862. The molecule has 1 aromatic heterocycles. The first-order chi connectivity index (χ1) is 8.00. The molecule has 0 unspecified atom stereocenters. The molecular weight excluding hydrogens is 212 g/mol. The summed E-state index contributed by atoms with van der Waals surface area (Å²) in [4.78, 5) is 4.52. The Morgan fingerprint density at radius 2 is 2.06 bits per heavy atom. The van der Waals surface area contributed by atoms with Crippen molar-refractivity contribution in [2.45, 2.75) is 32.7 Å². The molecule has 90 valence electrons. The summed E-state index contributed by atoms with van der Waals surface area (Å²) < 4.78 is 5.51. The minimum absolute atomic E-state index is 0.0657. The van der Waals surface area contributed by atoms with Gasteiger partial charge in [0.15, 0.2) is 5.89 Å². The van der Waals surface area contributed by atoms with E-state index in [4.69, 9.17) is 10.2 Å². The summed E-state index contributed by atoms with van der Waals surface area (Å²) in [6.07, 6.45) is 1.70. The van der Waals surface area contributed by atoms with E-state index in [1.165, 1.54) is 0 Å². The van der Waals surface area contributed by atoms with Crippen LogP contribution in [-0.4, -0.2) is 4.98 Å². The van der Waals surface area contributed by atoms with Gasteiger partial charge in [-0.2, -0.15) is 0 Å². The lowest BCUT2D eigenvalue weighted by molar-refractivity contribution is 0.392. The minimum atomic E-state index is -0.0657. The molecule has 0 spiro atoms. The van der Waals surface area contributed by atoms with E-state index in [0.29, 0.717) is 6.54 Å². The van der Waals surface area contributed by atoms with Crippen molar-refractivity contribution >= 4 is 0 Å². The van der Waals surface area contributed by atoms with Crippen molar-refractivity contribution in [1.82, 2.24) is 4.98 Å². The van der Waals surface area contributed by atoms with E-state index in [1.54, 1.807) is 6.26 Å². The molecule has 0 aliphatic heterocycles.